The lowest BCUT2D eigenvalue weighted by Gasteiger charge is -2.21. The third kappa shape index (κ3) is 7.32. The molecule has 2 atom stereocenters. The van der Waals surface area contributed by atoms with Crippen LogP contribution in [0.15, 0.2) is 48.5 Å². The normalized spacial score (nSPS) is 17.2. The molecule has 2 N–H and O–H groups in total. The summed E-state index contributed by atoms with van der Waals surface area (Å²) < 4.78 is 68.0. The summed E-state index contributed by atoms with van der Waals surface area (Å²) in [6, 6.07) is 10.1. The van der Waals surface area contributed by atoms with Gasteiger partial charge in [0.2, 0.25) is 5.91 Å². The zero-order chi connectivity index (χ0) is 32.7. The summed E-state index contributed by atoms with van der Waals surface area (Å²) in [5.41, 5.74) is -1.23. The van der Waals surface area contributed by atoms with Gasteiger partial charge in [0, 0.05) is 18.7 Å². The Morgan fingerprint density at radius 1 is 0.932 bits per heavy atom. The molecule has 1 unspecified atom stereocenters. The third-order valence-corrected chi connectivity index (χ3v) is 8.48. The number of benzene rings is 3. The highest BCUT2D eigenvalue weighted by atomic mass is 35.5. The van der Waals surface area contributed by atoms with Crippen LogP contribution < -0.4 is 15.5 Å². The summed E-state index contributed by atoms with van der Waals surface area (Å²) in [6.07, 6.45) is -5.15. The zero-order valence-corrected chi connectivity index (χ0v) is 25.6. The fourth-order valence-electron chi connectivity index (χ4n) is 4.29. The smallest absolute Gasteiger partial charge is 0.326 e. The van der Waals surface area contributed by atoms with Crippen molar-refractivity contribution in [3.8, 4) is 0 Å². The Kier molecular flexibility index (Phi) is 9.94. The fraction of sp³-hybridized carbons (Fsp3) is 0.222. The molecule has 1 fully saturated rings. The van der Waals surface area contributed by atoms with Gasteiger partial charge in [0.05, 0.1) is 32.2 Å². The van der Waals surface area contributed by atoms with Crippen LogP contribution in [0.1, 0.15) is 21.8 Å². The fourth-order valence-corrected chi connectivity index (χ4v) is 5.62. The van der Waals surface area contributed by atoms with Crippen LogP contribution in [0.25, 0.3) is 0 Å². The summed E-state index contributed by atoms with van der Waals surface area (Å²) in [5.74, 6) is -7.38. The molecule has 1 aliphatic rings. The number of carbonyl (C=O) groups excluding carboxylic acids is 3. The van der Waals surface area contributed by atoms with Crippen LogP contribution in [0.3, 0.4) is 0 Å². The van der Waals surface area contributed by atoms with Gasteiger partial charge in [-0.3, -0.25) is 19.1 Å². The van der Waals surface area contributed by atoms with Crippen molar-refractivity contribution in [3.05, 3.63) is 86.4 Å². The number of rotatable bonds is 8. The quantitative estimate of drug-likeness (QED) is 0.182. The molecule has 0 heterocycles. The first-order valence-corrected chi connectivity index (χ1v) is 14.0. The Bertz CT molecular complexity index is 1660. The monoisotopic (exact) mass is 717 g/mol. The van der Waals surface area contributed by atoms with Crippen molar-refractivity contribution in [2.24, 2.45) is 5.92 Å². The van der Waals surface area contributed by atoms with Crippen molar-refractivity contribution in [3.63, 3.8) is 0 Å². The largest absolute Gasteiger partial charge is 0.523 e. The van der Waals surface area contributed by atoms with Gasteiger partial charge in [-0.2, -0.15) is 0 Å². The summed E-state index contributed by atoms with van der Waals surface area (Å²) in [5, 5.41) is 4.68. The van der Waals surface area contributed by atoms with E-state index in [4.69, 9.17) is 58.0 Å². The van der Waals surface area contributed by atoms with Crippen LogP contribution in [0.4, 0.5) is 39.0 Å². The number of anilines is 3. The van der Waals surface area contributed by atoms with Crippen LogP contribution in [0.5, 0.6) is 0 Å². The minimum absolute atomic E-state index is 0.0947. The molecule has 4 rings (SSSR count). The molecule has 7 nitrogen and oxygen atoms in total. The Labute approximate surface area is 271 Å². The highest BCUT2D eigenvalue weighted by Gasteiger charge is 2.67. The van der Waals surface area contributed by atoms with E-state index in [2.05, 4.69) is 10.1 Å². The van der Waals surface area contributed by atoms with Crippen molar-refractivity contribution in [1.82, 2.24) is 0 Å². The first kappa shape index (κ1) is 34.0. The molecule has 3 aromatic rings. The number of nitrogens with zero attached hydrogens (tertiary/aromatic N) is 1. The van der Waals surface area contributed by atoms with Gasteiger partial charge in [-0.05, 0) is 48.0 Å². The number of alkyl halides is 5. The maximum absolute atomic E-state index is 15.2. The highest BCUT2D eigenvalue weighted by molar-refractivity contribution is 6.53. The first-order valence-electron chi connectivity index (χ1n) is 12.1. The zero-order valence-electron chi connectivity index (χ0n) is 21.8. The van der Waals surface area contributed by atoms with Gasteiger partial charge in [-0.25, -0.2) is 8.78 Å². The van der Waals surface area contributed by atoms with E-state index in [-0.39, 0.29) is 21.3 Å². The van der Waals surface area contributed by atoms with E-state index in [1.807, 2.05) is 0 Å². The molecule has 1 saturated carbocycles. The van der Waals surface area contributed by atoms with E-state index in [1.165, 1.54) is 30.3 Å². The predicted octanol–water partition coefficient (Wildman–Crippen LogP) is 8.20. The molecule has 3 amide bonds. The van der Waals surface area contributed by atoms with Gasteiger partial charge >= 0.3 is 6.36 Å². The number of halogens is 10. The molecular formula is C27H17Cl5F5N3O4. The molecule has 17 heteroatoms. The molecule has 1 aliphatic carbocycles. The number of carbonyl (C=O) groups is 3. The second kappa shape index (κ2) is 12.9. The predicted molar refractivity (Wildman–Crippen MR) is 157 cm³/mol. The number of ether oxygens (including phenoxy) is 1. The number of nitrogens with one attached hydrogen (secondary N) is 2. The Balaban J connectivity index is 1.52. The van der Waals surface area contributed by atoms with Crippen LogP contribution in [-0.2, 0) is 14.3 Å². The SMILES string of the molecule is CN(C(=O)c1cc(NC(=O)C2[C@H](c3ccc(Cl)c(Cl)c3)C2(Cl)Cl)ccc1Cl)c1ccc(F)c(NC(=O)COC(F)(F)F)c1F. The molecular weight excluding hydrogens is 703 g/mol. The van der Waals surface area contributed by atoms with Gasteiger partial charge < -0.3 is 15.5 Å². The van der Waals surface area contributed by atoms with Crippen molar-refractivity contribution < 1.29 is 41.1 Å². The maximum atomic E-state index is 15.2. The molecule has 0 spiro atoms. The molecule has 0 bridgehead atoms. The molecule has 0 aromatic heterocycles. The van der Waals surface area contributed by atoms with Crippen LogP contribution in [-0.4, -0.2) is 42.1 Å². The standard InChI is InChI=1S/C27H17Cl5F5N3O4/c1-40(18-7-6-17(33)23(22(18)34)39-19(41)10-44-27(35,36)37)25(43)13-9-12(3-5-14(13)28)38-24(42)21-20(26(21,31)32)11-2-4-15(29)16(30)8-11/h2-9,20-21H,10H2,1H3,(H,38,42)(H,39,41)/t20-,21?/m0/s1. The lowest BCUT2D eigenvalue weighted by molar-refractivity contribution is -0.320. The number of hydrogen-bond acceptors (Lipinski definition) is 4. The lowest BCUT2D eigenvalue weighted by atomic mass is 10.1. The van der Waals surface area contributed by atoms with Gasteiger partial charge in [0.1, 0.15) is 22.4 Å². The van der Waals surface area contributed by atoms with Gasteiger partial charge in [0.25, 0.3) is 11.8 Å². The Morgan fingerprint density at radius 3 is 2.23 bits per heavy atom. The first-order chi connectivity index (χ1) is 20.4. The highest BCUT2D eigenvalue weighted by Crippen LogP contribution is 2.65. The molecule has 0 saturated heterocycles. The van der Waals surface area contributed by atoms with E-state index >= 15 is 4.39 Å². The number of hydrogen-bond donors (Lipinski definition) is 2. The molecule has 0 radical (unpaired) electrons. The van der Waals surface area contributed by atoms with Crippen LogP contribution >= 0.6 is 58.0 Å². The third-order valence-electron chi connectivity index (χ3n) is 6.47. The van der Waals surface area contributed by atoms with Crippen LogP contribution in [0.2, 0.25) is 15.1 Å². The second-order valence-electron chi connectivity index (χ2n) is 9.39. The summed E-state index contributed by atoms with van der Waals surface area (Å²) >= 11 is 31.0. The molecule has 44 heavy (non-hydrogen) atoms. The minimum Gasteiger partial charge on any atom is -0.326 e. The van der Waals surface area contributed by atoms with Gasteiger partial charge in [0.15, 0.2) is 5.82 Å². The Hall–Kier alpha value is -2.87. The second-order valence-corrected chi connectivity index (χ2v) is 12.1. The minimum atomic E-state index is -5.15. The van der Waals surface area contributed by atoms with E-state index in [9.17, 15) is 31.9 Å². The van der Waals surface area contributed by atoms with Gasteiger partial charge in [-0.1, -0.05) is 40.9 Å². The van der Waals surface area contributed by atoms with E-state index in [0.29, 0.717) is 21.6 Å². The van der Waals surface area contributed by atoms with E-state index in [0.717, 1.165) is 13.1 Å². The average Bonchev–Trinajstić information content (AvgIpc) is 3.53. The van der Waals surface area contributed by atoms with Crippen molar-refractivity contribution in [2.45, 2.75) is 16.6 Å². The maximum Gasteiger partial charge on any atom is 0.523 e. The average molecular weight is 720 g/mol. The lowest BCUT2D eigenvalue weighted by Crippen LogP contribution is -2.29. The van der Waals surface area contributed by atoms with Crippen molar-refractivity contribution in [1.29, 1.82) is 0 Å². The molecule has 234 valence electrons. The summed E-state index contributed by atoms with van der Waals surface area (Å²) in [7, 11) is 1.10. The molecule has 3 aromatic carbocycles. The van der Waals surface area contributed by atoms with Crippen molar-refractivity contribution >= 4 is 92.8 Å². The summed E-state index contributed by atoms with van der Waals surface area (Å²) in [4.78, 5) is 38.9. The molecule has 0 aliphatic heterocycles. The topological polar surface area (TPSA) is 87.7 Å². The van der Waals surface area contributed by atoms with Crippen LogP contribution in [0, 0.1) is 17.6 Å². The summed E-state index contributed by atoms with van der Waals surface area (Å²) in [6.45, 7) is -1.57. The van der Waals surface area contributed by atoms with E-state index < -0.39 is 69.9 Å². The Morgan fingerprint density at radius 2 is 1.59 bits per heavy atom. The van der Waals surface area contributed by atoms with E-state index in [1.54, 1.807) is 11.4 Å². The van der Waals surface area contributed by atoms with Gasteiger partial charge in [-0.15, -0.1) is 36.4 Å². The number of amides is 3. The van der Waals surface area contributed by atoms with Crippen molar-refractivity contribution in [2.75, 3.05) is 29.2 Å².